The Kier molecular flexibility index (Phi) is 4.70. The van der Waals surface area contributed by atoms with Crippen molar-refractivity contribution in [1.82, 2.24) is 10.3 Å². The van der Waals surface area contributed by atoms with E-state index in [-0.39, 0.29) is 0 Å². The van der Waals surface area contributed by atoms with Gasteiger partial charge in [-0.25, -0.2) is 9.78 Å². The summed E-state index contributed by atoms with van der Waals surface area (Å²) in [6.07, 6.45) is 3.80. The number of carboxylic acids is 1. The number of carbonyl (C=O) groups excluding carboxylic acids is 1. The number of aliphatic carboxylic acids is 1. The summed E-state index contributed by atoms with van der Waals surface area (Å²) in [6, 6.07) is 12.1. The molecule has 0 spiro atoms. The van der Waals surface area contributed by atoms with Crippen molar-refractivity contribution in [3.05, 3.63) is 59.8 Å². The molecule has 2 N–H and O–H groups in total. The van der Waals surface area contributed by atoms with Gasteiger partial charge in [-0.1, -0.05) is 30.3 Å². The second-order valence-electron chi connectivity index (χ2n) is 6.35. The first-order valence-corrected chi connectivity index (χ1v) is 8.33. The first kappa shape index (κ1) is 17.0. The SMILES string of the molecule is CC(NC(=O)c1ccc(N2CCCC2)nc1)(C(=O)O)c1ccccc1. The van der Waals surface area contributed by atoms with Gasteiger partial charge in [0.1, 0.15) is 5.82 Å². The van der Waals surface area contributed by atoms with Crippen LogP contribution in [0.2, 0.25) is 0 Å². The van der Waals surface area contributed by atoms with E-state index < -0.39 is 17.4 Å². The first-order chi connectivity index (χ1) is 12.0. The maximum absolute atomic E-state index is 12.5. The standard InChI is InChI=1S/C19H21N3O3/c1-19(18(24)25,15-7-3-2-4-8-15)21-17(23)14-9-10-16(20-13-14)22-11-5-6-12-22/h2-4,7-10,13H,5-6,11-12H2,1H3,(H,21,23)(H,24,25). The molecule has 1 aliphatic rings. The van der Waals surface area contributed by atoms with Gasteiger partial charge in [-0.05, 0) is 37.5 Å². The Hall–Kier alpha value is -2.89. The molecule has 2 aromatic rings. The van der Waals surface area contributed by atoms with E-state index in [1.807, 2.05) is 0 Å². The number of nitrogens with zero attached hydrogens (tertiary/aromatic N) is 2. The van der Waals surface area contributed by atoms with Gasteiger partial charge in [0.25, 0.3) is 5.91 Å². The molecule has 6 nitrogen and oxygen atoms in total. The molecule has 1 saturated heterocycles. The predicted octanol–water partition coefficient (Wildman–Crippen LogP) is 2.41. The van der Waals surface area contributed by atoms with Crippen molar-refractivity contribution in [2.24, 2.45) is 0 Å². The zero-order chi connectivity index (χ0) is 17.9. The maximum Gasteiger partial charge on any atom is 0.333 e. The first-order valence-electron chi connectivity index (χ1n) is 8.33. The van der Waals surface area contributed by atoms with E-state index in [4.69, 9.17) is 0 Å². The molecule has 0 bridgehead atoms. The highest BCUT2D eigenvalue weighted by molar-refractivity contribution is 5.98. The summed E-state index contributed by atoms with van der Waals surface area (Å²) >= 11 is 0. The van der Waals surface area contributed by atoms with E-state index in [1.54, 1.807) is 42.5 Å². The van der Waals surface area contributed by atoms with Gasteiger partial charge in [-0.3, -0.25) is 4.79 Å². The van der Waals surface area contributed by atoms with Crippen LogP contribution in [0.25, 0.3) is 0 Å². The van der Waals surface area contributed by atoms with Crippen LogP contribution < -0.4 is 10.2 Å². The lowest BCUT2D eigenvalue weighted by Gasteiger charge is -2.27. The molecule has 1 atom stereocenters. The molecule has 25 heavy (non-hydrogen) atoms. The number of carboxylic acid groups (broad SMARTS) is 1. The average Bonchev–Trinajstić information content (AvgIpc) is 3.17. The molecule has 1 unspecified atom stereocenters. The predicted molar refractivity (Wildman–Crippen MR) is 94.6 cm³/mol. The second kappa shape index (κ2) is 6.93. The summed E-state index contributed by atoms with van der Waals surface area (Å²) in [5.74, 6) is -0.735. The van der Waals surface area contributed by atoms with E-state index >= 15 is 0 Å². The summed E-state index contributed by atoms with van der Waals surface area (Å²) in [7, 11) is 0. The number of rotatable bonds is 5. The number of anilines is 1. The van der Waals surface area contributed by atoms with Gasteiger partial charge >= 0.3 is 5.97 Å². The van der Waals surface area contributed by atoms with E-state index in [2.05, 4.69) is 15.2 Å². The van der Waals surface area contributed by atoms with Crippen molar-refractivity contribution in [2.45, 2.75) is 25.3 Å². The minimum Gasteiger partial charge on any atom is -0.479 e. The van der Waals surface area contributed by atoms with Crippen molar-refractivity contribution in [2.75, 3.05) is 18.0 Å². The Morgan fingerprint density at radius 1 is 1.12 bits per heavy atom. The normalized spacial score (nSPS) is 16.3. The van der Waals surface area contributed by atoms with Gasteiger partial charge in [0.2, 0.25) is 0 Å². The van der Waals surface area contributed by atoms with Crippen LogP contribution >= 0.6 is 0 Å². The Morgan fingerprint density at radius 2 is 1.80 bits per heavy atom. The van der Waals surface area contributed by atoms with Crippen LogP contribution in [0.3, 0.4) is 0 Å². The Bertz CT molecular complexity index is 755. The number of aromatic nitrogens is 1. The van der Waals surface area contributed by atoms with Gasteiger partial charge in [0.15, 0.2) is 5.54 Å². The Morgan fingerprint density at radius 3 is 2.36 bits per heavy atom. The summed E-state index contributed by atoms with van der Waals surface area (Å²) in [6.45, 7) is 3.43. The van der Waals surface area contributed by atoms with Crippen LogP contribution in [-0.2, 0) is 10.3 Å². The molecule has 6 heteroatoms. The van der Waals surface area contributed by atoms with E-state index in [0.29, 0.717) is 11.1 Å². The summed E-state index contributed by atoms with van der Waals surface area (Å²) in [5.41, 5.74) is -0.657. The Labute approximate surface area is 146 Å². The minimum atomic E-state index is -1.51. The van der Waals surface area contributed by atoms with E-state index in [9.17, 15) is 14.7 Å². The molecule has 1 aromatic heterocycles. The summed E-state index contributed by atoms with van der Waals surface area (Å²) in [4.78, 5) is 30.8. The largest absolute Gasteiger partial charge is 0.479 e. The summed E-state index contributed by atoms with van der Waals surface area (Å²) in [5, 5.41) is 12.3. The fraction of sp³-hybridized carbons (Fsp3) is 0.316. The zero-order valence-corrected chi connectivity index (χ0v) is 14.1. The monoisotopic (exact) mass is 339 g/mol. The van der Waals surface area contributed by atoms with Crippen molar-refractivity contribution in [3.8, 4) is 0 Å². The molecule has 1 aliphatic heterocycles. The van der Waals surface area contributed by atoms with Crippen LogP contribution in [0.5, 0.6) is 0 Å². The number of hydrogen-bond donors (Lipinski definition) is 2. The third-order valence-corrected chi connectivity index (χ3v) is 4.58. The van der Waals surface area contributed by atoms with Crippen molar-refractivity contribution in [3.63, 3.8) is 0 Å². The summed E-state index contributed by atoms with van der Waals surface area (Å²) < 4.78 is 0. The lowest BCUT2D eigenvalue weighted by Crippen LogP contribution is -2.49. The fourth-order valence-electron chi connectivity index (χ4n) is 2.97. The topological polar surface area (TPSA) is 82.5 Å². The number of benzene rings is 1. The third-order valence-electron chi connectivity index (χ3n) is 4.58. The quantitative estimate of drug-likeness (QED) is 0.874. The van der Waals surface area contributed by atoms with Crippen LogP contribution in [0.1, 0.15) is 35.7 Å². The maximum atomic E-state index is 12.5. The van der Waals surface area contributed by atoms with Crippen LogP contribution in [-0.4, -0.2) is 35.1 Å². The molecular weight excluding hydrogens is 318 g/mol. The van der Waals surface area contributed by atoms with Gasteiger partial charge in [-0.15, -0.1) is 0 Å². The molecule has 3 rings (SSSR count). The van der Waals surface area contributed by atoms with E-state index in [0.717, 1.165) is 31.7 Å². The molecular formula is C19H21N3O3. The van der Waals surface area contributed by atoms with Gasteiger partial charge in [-0.2, -0.15) is 0 Å². The molecule has 1 fully saturated rings. The third kappa shape index (κ3) is 3.47. The lowest BCUT2D eigenvalue weighted by atomic mass is 9.91. The lowest BCUT2D eigenvalue weighted by molar-refractivity contribution is -0.144. The number of hydrogen-bond acceptors (Lipinski definition) is 4. The van der Waals surface area contributed by atoms with Crippen LogP contribution in [0.4, 0.5) is 5.82 Å². The Balaban J connectivity index is 1.79. The van der Waals surface area contributed by atoms with Crippen molar-refractivity contribution < 1.29 is 14.7 Å². The second-order valence-corrected chi connectivity index (χ2v) is 6.35. The smallest absolute Gasteiger partial charge is 0.333 e. The van der Waals surface area contributed by atoms with Gasteiger partial charge < -0.3 is 15.3 Å². The molecule has 130 valence electrons. The highest BCUT2D eigenvalue weighted by Crippen LogP contribution is 2.22. The number of carbonyl (C=O) groups is 2. The van der Waals surface area contributed by atoms with Crippen molar-refractivity contribution >= 4 is 17.7 Å². The van der Waals surface area contributed by atoms with Crippen LogP contribution in [0.15, 0.2) is 48.7 Å². The van der Waals surface area contributed by atoms with Crippen molar-refractivity contribution in [1.29, 1.82) is 0 Å². The average molecular weight is 339 g/mol. The zero-order valence-electron chi connectivity index (χ0n) is 14.1. The molecule has 1 amide bonds. The van der Waals surface area contributed by atoms with Crippen LogP contribution in [0, 0.1) is 0 Å². The molecule has 0 saturated carbocycles. The number of amides is 1. The molecule has 2 heterocycles. The minimum absolute atomic E-state index is 0.339. The molecule has 0 radical (unpaired) electrons. The number of nitrogens with one attached hydrogen (secondary N) is 1. The highest BCUT2D eigenvalue weighted by atomic mass is 16.4. The van der Waals surface area contributed by atoms with Gasteiger partial charge in [0, 0.05) is 19.3 Å². The highest BCUT2D eigenvalue weighted by Gasteiger charge is 2.37. The van der Waals surface area contributed by atoms with Gasteiger partial charge in [0.05, 0.1) is 5.56 Å². The van der Waals surface area contributed by atoms with E-state index in [1.165, 1.54) is 13.1 Å². The molecule has 0 aliphatic carbocycles. The molecule has 1 aromatic carbocycles. The fourth-order valence-corrected chi connectivity index (χ4v) is 2.97. The number of pyridine rings is 1.